The lowest BCUT2D eigenvalue weighted by Gasteiger charge is -2.14. The molecule has 0 aliphatic heterocycles. The summed E-state index contributed by atoms with van der Waals surface area (Å²) in [5.41, 5.74) is 1.35. The van der Waals surface area contributed by atoms with E-state index in [0.717, 1.165) is 5.56 Å². The molecule has 0 unspecified atom stereocenters. The number of carbonyl (C=O) groups is 1. The topological polar surface area (TPSA) is 75.3 Å². The van der Waals surface area contributed by atoms with Crippen LogP contribution < -0.4 is 29.0 Å². The molecule has 0 saturated carbocycles. The molecule has 146 valence electrons. The first-order valence-corrected chi connectivity index (χ1v) is 8.45. The van der Waals surface area contributed by atoms with Crippen LogP contribution in [0.1, 0.15) is 12.5 Å². The molecular weight excluding hydrogens is 350 g/mol. The van der Waals surface area contributed by atoms with Crippen LogP contribution in [0.3, 0.4) is 0 Å². The van der Waals surface area contributed by atoms with Gasteiger partial charge in [0.1, 0.15) is 0 Å². The van der Waals surface area contributed by atoms with E-state index < -0.39 is 0 Å². The number of ether oxygens (including phenoxy) is 5. The second-order valence-corrected chi connectivity index (χ2v) is 5.56. The van der Waals surface area contributed by atoms with Gasteiger partial charge in [-0.3, -0.25) is 4.79 Å². The Hall–Kier alpha value is -3.09. The van der Waals surface area contributed by atoms with Crippen molar-refractivity contribution in [1.29, 1.82) is 0 Å². The largest absolute Gasteiger partial charge is 0.493 e. The van der Waals surface area contributed by atoms with Crippen LogP contribution in [0.15, 0.2) is 30.3 Å². The van der Waals surface area contributed by atoms with Crippen molar-refractivity contribution in [3.8, 4) is 28.7 Å². The molecule has 0 spiro atoms. The van der Waals surface area contributed by atoms with Crippen molar-refractivity contribution < 1.29 is 28.5 Å². The third kappa shape index (κ3) is 4.97. The monoisotopic (exact) mass is 375 g/mol. The number of hydrogen-bond donors (Lipinski definition) is 1. The Bertz CT molecular complexity index is 765. The zero-order chi connectivity index (χ0) is 19.8. The van der Waals surface area contributed by atoms with Crippen LogP contribution in [0.2, 0.25) is 0 Å². The van der Waals surface area contributed by atoms with Crippen molar-refractivity contribution >= 4 is 11.6 Å². The first-order valence-electron chi connectivity index (χ1n) is 8.45. The molecule has 1 amide bonds. The molecule has 2 aromatic rings. The lowest BCUT2D eigenvalue weighted by molar-refractivity contribution is -0.115. The standard InChI is InChI=1S/C20H25NO6/c1-6-27-15-8-7-14(12-16(15)23-2)21-19(22)11-13-9-17(24-3)20(26-5)18(10-13)25-4/h7-10,12H,6,11H2,1-5H3,(H,21,22). The van der Waals surface area contributed by atoms with Gasteiger partial charge in [-0.05, 0) is 36.8 Å². The van der Waals surface area contributed by atoms with Crippen LogP contribution in [0, 0.1) is 0 Å². The fraction of sp³-hybridized carbons (Fsp3) is 0.350. The first-order chi connectivity index (χ1) is 13.1. The number of carbonyl (C=O) groups excluding carboxylic acids is 1. The van der Waals surface area contributed by atoms with Crippen LogP contribution in [-0.2, 0) is 11.2 Å². The van der Waals surface area contributed by atoms with Crippen LogP contribution in [-0.4, -0.2) is 41.0 Å². The van der Waals surface area contributed by atoms with E-state index in [1.165, 1.54) is 21.3 Å². The maximum absolute atomic E-state index is 12.4. The summed E-state index contributed by atoms with van der Waals surface area (Å²) in [5.74, 6) is 2.49. The van der Waals surface area contributed by atoms with E-state index in [0.29, 0.717) is 41.0 Å². The second-order valence-electron chi connectivity index (χ2n) is 5.56. The summed E-state index contributed by atoms with van der Waals surface area (Å²) in [6.07, 6.45) is 0.145. The van der Waals surface area contributed by atoms with E-state index in [4.69, 9.17) is 23.7 Å². The van der Waals surface area contributed by atoms with Gasteiger partial charge in [0.25, 0.3) is 0 Å². The third-order valence-electron chi connectivity index (χ3n) is 3.84. The zero-order valence-electron chi connectivity index (χ0n) is 16.3. The van der Waals surface area contributed by atoms with Crippen molar-refractivity contribution in [2.24, 2.45) is 0 Å². The smallest absolute Gasteiger partial charge is 0.228 e. The van der Waals surface area contributed by atoms with Crippen molar-refractivity contribution in [2.45, 2.75) is 13.3 Å². The lowest BCUT2D eigenvalue weighted by Crippen LogP contribution is -2.14. The molecule has 2 aromatic carbocycles. The summed E-state index contributed by atoms with van der Waals surface area (Å²) in [5, 5.41) is 2.85. The van der Waals surface area contributed by atoms with E-state index in [1.807, 2.05) is 6.92 Å². The highest BCUT2D eigenvalue weighted by Gasteiger charge is 2.15. The Balaban J connectivity index is 2.16. The van der Waals surface area contributed by atoms with Gasteiger partial charge in [-0.2, -0.15) is 0 Å². The van der Waals surface area contributed by atoms with Crippen LogP contribution in [0.25, 0.3) is 0 Å². The number of methoxy groups -OCH3 is 4. The Labute approximate surface area is 159 Å². The predicted molar refractivity (Wildman–Crippen MR) is 103 cm³/mol. The van der Waals surface area contributed by atoms with Crippen LogP contribution >= 0.6 is 0 Å². The molecule has 0 aliphatic carbocycles. The maximum atomic E-state index is 12.4. The summed E-state index contributed by atoms with van der Waals surface area (Å²) >= 11 is 0. The molecule has 7 heteroatoms. The van der Waals surface area contributed by atoms with Gasteiger partial charge in [0.15, 0.2) is 23.0 Å². The number of anilines is 1. The Morgan fingerprint density at radius 2 is 1.48 bits per heavy atom. The van der Waals surface area contributed by atoms with Crippen molar-refractivity contribution in [2.75, 3.05) is 40.4 Å². The number of hydrogen-bond acceptors (Lipinski definition) is 6. The number of amides is 1. The summed E-state index contributed by atoms with van der Waals surface area (Å²) < 4.78 is 26.7. The van der Waals surface area contributed by atoms with Gasteiger partial charge in [-0.1, -0.05) is 0 Å². The van der Waals surface area contributed by atoms with Gasteiger partial charge in [0, 0.05) is 11.8 Å². The summed E-state index contributed by atoms with van der Waals surface area (Å²) in [7, 11) is 6.16. The minimum absolute atomic E-state index is 0.145. The molecule has 0 aromatic heterocycles. The van der Waals surface area contributed by atoms with Crippen molar-refractivity contribution in [1.82, 2.24) is 0 Å². The van der Waals surface area contributed by atoms with E-state index in [2.05, 4.69) is 5.32 Å². The van der Waals surface area contributed by atoms with E-state index in [1.54, 1.807) is 37.4 Å². The van der Waals surface area contributed by atoms with E-state index >= 15 is 0 Å². The fourth-order valence-corrected chi connectivity index (χ4v) is 2.65. The highest BCUT2D eigenvalue weighted by Crippen LogP contribution is 2.38. The molecule has 7 nitrogen and oxygen atoms in total. The molecule has 0 fully saturated rings. The minimum Gasteiger partial charge on any atom is -0.493 e. The SMILES string of the molecule is CCOc1ccc(NC(=O)Cc2cc(OC)c(OC)c(OC)c2)cc1OC. The van der Waals surface area contributed by atoms with E-state index in [9.17, 15) is 4.79 Å². The normalized spacial score (nSPS) is 10.1. The molecule has 0 heterocycles. The van der Waals surface area contributed by atoms with Gasteiger partial charge in [-0.25, -0.2) is 0 Å². The van der Waals surface area contributed by atoms with Gasteiger partial charge < -0.3 is 29.0 Å². The summed E-state index contributed by atoms with van der Waals surface area (Å²) in [6.45, 7) is 2.43. The fourth-order valence-electron chi connectivity index (χ4n) is 2.65. The summed E-state index contributed by atoms with van der Waals surface area (Å²) in [6, 6.07) is 8.75. The number of rotatable bonds is 9. The Kier molecular flexibility index (Phi) is 7.16. The summed E-state index contributed by atoms with van der Waals surface area (Å²) in [4.78, 5) is 12.4. The Morgan fingerprint density at radius 3 is 2.00 bits per heavy atom. The average molecular weight is 375 g/mol. The average Bonchev–Trinajstić information content (AvgIpc) is 2.68. The highest BCUT2D eigenvalue weighted by atomic mass is 16.5. The lowest BCUT2D eigenvalue weighted by atomic mass is 10.1. The number of nitrogens with one attached hydrogen (secondary N) is 1. The molecule has 0 atom stereocenters. The van der Waals surface area contributed by atoms with E-state index in [-0.39, 0.29) is 12.3 Å². The van der Waals surface area contributed by atoms with Gasteiger partial charge in [0.2, 0.25) is 11.7 Å². The van der Waals surface area contributed by atoms with Crippen LogP contribution in [0.5, 0.6) is 28.7 Å². The first kappa shape index (κ1) is 20.2. The van der Waals surface area contributed by atoms with Crippen LogP contribution in [0.4, 0.5) is 5.69 Å². The van der Waals surface area contributed by atoms with Crippen molar-refractivity contribution in [3.05, 3.63) is 35.9 Å². The Morgan fingerprint density at radius 1 is 0.852 bits per heavy atom. The van der Waals surface area contributed by atoms with Gasteiger partial charge >= 0.3 is 0 Å². The quantitative estimate of drug-likeness (QED) is 0.725. The van der Waals surface area contributed by atoms with Gasteiger partial charge in [0.05, 0.1) is 41.5 Å². The second kappa shape index (κ2) is 9.56. The molecule has 0 radical (unpaired) electrons. The third-order valence-corrected chi connectivity index (χ3v) is 3.84. The molecule has 0 bridgehead atoms. The molecule has 2 rings (SSSR count). The maximum Gasteiger partial charge on any atom is 0.228 e. The minimum atomic E-state index is -0.185. The molecule has 27 heavy (non-hydrogen) atoms. The molecule has 1 N–H and O–H groups in total. The van der Waals surface area contributed by atoms with Crippen molar-refractivity contribution in [3.63, 3.8) is 0 Å². The highest BCUT2D eigenvalue weighted by molar-refractivity contribution is 5.92. The zero-order valence-corrected chi connectivity index (χ0v) is 16.3. The number of benzene rings is 2. The van der Waals surface area contributed by atoms with Gasteiger partial charge in [-0.15, -0.1) is 0 Å². The molecular formula is C20H25NO6. The predicted octanol–water partition coefficient (Wildman–Crippen LogP) is 3.30. The molecule has 0 aliphatic rings. The molecule has 0 saturated heterocycles.